The molecule has 6 heteroatoms. The predicted octanol–water partition coefficient (Wildman–Crippen LogP) is 0.186. The first-order valence-corrected chi connectivity index (χ1v) is 5.57. The van der Waals surface area contributed by atoms with E-state index in [1.165, 1.54) is 0 Å². The highest BCUT2D eigenvalue weighted by molar-refractivity contribution is 5.77. The standard InChI is InChI=1S/C11H16N4O2/c1-8-5-9(12-2)14-10(13-8)6-15-3-4-17-7-11(15)16/h5H,3-4,6-7H2,1-2H3,(H,12,13,14). The third-order valence-electron chi connectivity index (χ3n) is 2.57. The monoisotopic (exact) mass is 236 g/mol. The SMILES string of the molecule is CNc1cc(C)nc(CN2CCOCC2=O)n1. The van der Waals surface area contributed by atoms with Gasteiger partial charge >= 0.3 is 0 Å². The van der Waals surface area contributed by atoms with Crippen LogP contribution in [0.4, 0.5) is 5.82 Å². The van der Waals surface area contributed by atoms with Crippen molar-refractivity contribution in [3.63, 3.8) is 0 Å². The van der Waals surface area contributed by atoms with Crippen LogP contribution in [0.25, 0.3) is 0 Å². The molecule has 0 radical (unpaired) electrons. The van der Waals surface area contributed by atoms with Crippen LogP contribution in [-0.2, 0) is 16.1 Å². The molecular formula is C11H16N4O2. The van der Waals surface area contributed by atoms with Crippen LogP contribution in [0.5, 0.6) is 0 Å². The first kappa shape index (κ1) is 11.8. The van der Waals surface area contributed by atoms with E-state index in [1.807, 2.05) is 20.0 Å². The summed E-state index contributed by atoms with van der Waals surface area (Å²) < 4.78 is 5.07. The van der Waals surface area contributed by atoms with E-state index < -0.39 is 0 Å². The van der Waals surface area contributed by atoms with Crippen LogP contribution in [0.3, 0.4) is 0 Å². The Hall–Kier alpha value is -1.69. The summed E-state index contributed by atoms with van der Waals surface area (Å²) in [4.78, 5) is 21.9. The largest absolute Gasteiger partial charge is 0.373 e. The van der Waals surface area contributed by atoms with Crippen molar-refractivity contribution in [2.75, 3.05) is 32.1 Å². The number of nitrogens with one attached hydrogen (secondary N) is 1. The summed E-state index contributed by atoms with van der Waals surface area (Å²) in [5.41, 5.74) is 0.889. The van der Waals surface area contributed by atoms with Gasteiger partial charge in [-0.25, -0.2) is 9.97 Å². The number of rotatable bonds is 3. The minimum Gasteiger partial charge on any atom is -0.373 e. The lowest BCUT2D eigenvalue weighted by Crippen LogP contribution is -2.41. The molecule has 0 aromatic carbocycles. The molecule has 1 saturated heterocycles. The highest BCUT2D eigenvalue weighted by Gasteiger charge is 2.19. The molecule has 92 valence electrons. The van der Waals surface area contributed by atoms with E-state index in [-0.39, 0.29) is 12.5 Å². The lowest BCUT2D eigenvalue weighted by atomic mass is 10.3. The van der Waals surface area contributed by atoms with Gasteiger partial charge in [0, 0.05) is 25.4 Å². The Morgan fingerprint density at radius 1 is 1.53 bits per heavy atom. The number of carbonyl (C=O) groups is 1. The first-order chi connectivity index (χ1) is 8.19. The van der Waals surface area contributed by atoms with Crippen LogP contribution in [0.2, 0.25) is 0 Å². The number of morpholine rings is 1. The van der Waals surface area contributed by atoms with Gasteiger partial charge in [0.15, 0.2) is 0 Å². The molecule has 1 aromatic rings. The van der Waals surface area contributed by atoms with Crippen LogP contribution in [0.15, 0.2) is 6.07 Å². The Balaban J connectivity index is 2.11. The maximum absolute atomic E-state index is 11.6. The molecule has 0 aliphatic carbocycles. The number of nitrogens with zero attached hydrogens (tertiary/aromatic N) is 3. The fraction of sp³-hybridized carbons (Fsp3) is 0.545. The van der Waals surface area contributed by atoms with E-state index in [9.17, 15) is 4.79 Å². The number of amides is 1. The van der Waals surface area contributed by atoms with Gasteiger partial charge in [-0.3, -0.25) is 4.79 Å². The van der Waals surface area contributed by atoms with Crippen molar-refractivity contribution < 1.29 is 9.53 Å². The van der Waals surface area contributed by atoms with Crippen LogP contribution in [-0.4, -0.2) is 47.6 Å². The fourth-order valence-corrected chi connectivity index (χ4v) is 1.72. The van der Waals surface area contributed by atoms with Gasteiger partial charge in [-0.05, 0) is 6.92 Å². The van der Waals surface area contributed by atoms with Crippen LogP contribution < -0.4 is 5.32 Å². The Bertz CT molecular complexity index is 422. The van der Waals surface area contributed by atoms with Crippen LogP contribution in [0.1, 0.15) is 11.5 Å². The molecule has 0 spiro atoms. The van der Waals surface area contributed by atoms with Crippen LogP contribution >= 0.6 is 0 Å². The molecule has 1 aliphatic heterocycles. The highest BCUT2D eigenvalue weighted by Crippen LogP contribution is 2.09. The van der Waals surface area contributed by atoms with E-state index >= 15 is 0 Å². The normalized spacial score (nSPS) is 16.1. The predicted molar refractivity (Wildman–Crippen MR) is 62.6 cm³/mol. The second kappa shape index (κ2) is 5.09. The summed E-state index contributed by atoms with van der Waals surface area (Å²) in [7, 11) is 1.81. The van der Waals surface area contributed by atoms with Crippen LogP contribution in [0, 0.1) is 6.92 Å². The maximum Gasteiger partial charge on any atom is 0.249 e. The number of carbonyl (C=O) groups excluding carboxylic acids is 1. The molecule has 17 heavy (non-hydrogen) atoms. The van der Waals surface area contributed by atoms with Crippen molar-refractivity contribution in [1.29, 1.82) is 0 Å². The quantitative estimate of drug-likeness (QED) is 0.811. The molecule has 6 nitrogen and oxygen atoms in total. The molecule has 0 atom stereocenters. The summed E-state index contributed by atoms with van der Waals surface area (Å²) in [5, 5.41) is 2.98. The third-order valence-corrected chi connectivity index (χ3v) is 2.57. The average molecular weight is 236 g/mol. The van der Waals surface area contributed by atoms with Gasteiger partial charge in [0.1, 0.15) is 18.2 Å². The number of aromatic nitrogens is 2. The molecule has 2 heterocycles. The Labute approximate surface area is 100 Å². The molecular weight excluding hydrogens is 220 g/mol. The average Bonchev–Trinajstić information content (AvgIpc) is 2.31. The maximum atomic E-state index is 11.6. The molecule has 1 aliphatic rings. The minimum atomic E-state index is -0.00707. The summed E-state index contributed by atoms with van der Waals surface area (Å²) in [6, 6.07) is 1.87. The Morgan fingerprint density at radius 3 is 3.06 bits per heavy atom. The summed E-state index contributed by atoms with van der Waals surface area (Å²) in [5.74, 6) is 1.42. The smallest absolute Gasteiger partial charge is 0.249 e. The lowest BCUT2D eigenvalue weighted by molar-refractivity contribution is -0.143. The molecule has 0 unspecified atom stereocenters. The van der Waals surface area contributed by atoms with Gasteiger partial charge in [0.05, 0.1) is 13.2 Å². The van der Waals surface area contributed by atoms with Crippen molar-refractivity contribution >= 4 is 11.7 Å². The molecule has 2 rings (SSSR count). The topological polar surface area (TPSA) is 67.3 Å². The molecule has 0 saturated carbocycles. The summed E-state index contributed by atoms with van der Waals surface area (Å²) in [6.45, 7) is 3.69. The number of aryl methyl sites for hydroxylation is 1. The van der Waals surface area contributed by atoms with Crippen molar-refractivity contribution in [3.05, 3.63) is 17.6 Å². The van der Waals surface area contributed by atoms with Crippen molar-refractivity contribution in [3.8, 4) is 0 Å². The lowest BCUT2D eigenvalue weighted by Gasteiger charge is -2.26. The zero-order chi connectivity index (χ0) is 12.3. The van der Waals surface area contributed by atoms with E-state index in [1.54, 1.807) is 4.90 Å². The summed E-state index contributed by atoms with van der Waals surface area (Å²) >= 11 is 0. The molecule has 1 aromatic heterocycles. The minimum absolute atomic E-state index is 0.00707. The zero-order valence-corrected chi connectivity index (χ0v) is 10.1. The van der Waals surface area contributed by atoms with Gasteiger partial charge in [-0.1, -0.05) is 0 Å². The second-order valence-electron chi connectivity index (χ2n) is 3.93. The third kappa shape index (κ3) is 2.91. The Kier molecular flexibility index (Phi) is 3.53. The molecule has 1 N–H and O–H groups in total. The molecule has 1 fully saturated rings. The summed E-state index contributed by atoms with van der Waals surface area (Å²) in [6.07, 6.45) is 0. The first-order valence-electron chi connectivity index (χ1n) is 5.57. The fourth-order valence-electron chi connectivity index (χ4n) is 1.72. The van der Waals surface area contributed by atoms with E-state index in [0.717, 1.165) is 11.5 Å². The van der Waals surface area contributed by atoms with Gasteiger partial charge in [0.2, 0.25) is 5.91 Å². The van der Waals surface area contributed by atoms with Crippen molar-refractivity contribution in [1.82, 2.24) is 14.9 Å². The van der Waals surface area contributed by atoms with Gasteiger partial charge in [-0.2, -0.15) is 0 Å². The number of hydrogen-bond acceptors (Lipinski definition) is 5. The highest BCUT2D eigenvalue weighted by atomic mass is 16.5. The van der Waals surface area contributed by atoms with Gasteiger partial charge in [-0.15, -0.1) is 0 Å². The molecule has 0 bridgehead atoms. The number of ether oxygens (including phenoxy) is 1. The number of anilines is 1. The van der Waals surface area contributed by atoms with Crippen molar-refractivity contribution in [2.24, 2.45) is 0 Å². The Morgan fingerprint density at radius 2 is 2.35 bits per heavy atom. The van der Waals surface area contributed by atoms with E-state index in [0.29, 0.717) is 25.5 Å². The second-order valence-corrected chi connectivity index (χ2v) is 3.93. The van der Waals surface area contributed by atoms with Gasteiger partial charge < -0.3 is 15.0 Å². The van der Waals surface area contributed by atoms with Gasteiger partial charge in [0.25, 0.3) is 0 Å². The van der Waals surface area contributed by atoms with Crippen molar-refractivity contribution in [2.45, 2.75) is 13.5 Å². The van der Waals surface area contributed by atoms with E-state index in [4.69, 9.17) is 4.74 Å². The zero-order valence-electron chi connectivity index (χ0n) is 10.1. The molecule has 1 amide bonds. The van der Waals surface area contributed by atoms with E-state index in [2.05, 4.69) is 15.3 Å². The number of hydrogen-bond donors (Lipinski definition) is 1.